The van der Waals surface area contributed by atoms with Crippen LogP contribution in [0.1, 0.15) is 42.5 Å². The molecule has 1 aromatic rings. The first-order chi connectivity index (χ1) is 8.16. The Labute approximate surface area is 109 Å². The van der Waals surface area contributed by atoms with Gasteiger partial charge in [-0.3, -0.25) is 0 Å². The molecule has 0 bridgehead atoms. The maximum absolute atomic E-state index is 3.69. The number of aryl methyl sites for hydroxylation is 2. The van der Waals surface area contributed by atoms with Gasteiger partial charge in [0.2, 0.25) is 0 Å². The van der Waals surface area contributed by atoms with Crippen LogP contribution in [0.4, 0.5) is 0 Å². The summed E-state index contributed by atoms with van der Waals surface area (Å²) < 4.78 is 0. The number of nitrogens with one attached hydrogen (secondary N) is 1. The van der Waals surface area contributed by atoms with Crippen molar-refractivity contribution in [3.63, 3.8) is 0 Å². The first kappa shape index (κ1) is 13.0. The van der Waals surface area contributed by atoms with Crippen LogP contribution in [0.15, 0.2) is 18.2 Å². The molecular formula is C15H23NS. The van der Waals surface area contributed by atoms with Gasteiger partial charge in [-0.15, -0.1) is 0 Å². The molecule has 1 aliphatic heterocycles. The summed E-state index contributed by atoms with van der Waals surface area (Å²) in [7, 11) is 0. The van der Waals surface area contributed by atoms with Crippen molar-refractivity contribution in [3.05, 3.63) is 34.9 Å². The Morgan fingerprint density at radius 2 is 2.24 bits per heavy atom. The van der Waals surface area contributed by atoms with Crippen molar-refractivity contribution < 1.29 is 0 Å². The highest BCUT2D eigenvalue weighted by Gasteiger charge is 2.16. The Morgan fingerprint density at radius 3 is 2.94 bits per heavy atom. The van der Waals surface area contributed by atoms with E-state index in [1.165, 1.54) is 35.3 Å². The van der Waals surface area contributed by atoms with Crippen molar-refractivity contribution in [3.8, 4) is 0 Å². The van der Waals surface area contributed by atoms with Gasteiger partial charge in [-0.2, -0.15) is 11.8 Å². The lowest BCUT2D eigenvalue weighted by molar-refractivity contribution is 0.557. The lowest BCUT2D eigenvalue weighted by atomic mass is 10.00. The van der Waals surface area contributed by atoms with Gasteiger partial charge in [-0.25, -0.2) is 0 Å². The smallest absolute Gasteiger partial charge is 0.0294 e. The largest absolute Gasteiger partial charge is 0.309 e. The van der Waals surface area contributed by atoms with E-state index in [0.717, 1.165) is 11.8 Å². The maximum Gasteiger partial charge on any atom is 0.0294 e. The van der Waals surface area contributed by atoms with Gasteiger partial charge in [0.15, 0.2) is 0 Å². The third-order valence-corrected chi connectivity index (χ3v) is 4.98. The predicted molar refractivity (Wildman–Crippen MR) is 77.8 cm³/mol. The van der Waals surface area contributed by atoms with E-state index >= 15 is 0 Å². The Hall–Kier alpha value is -0.470. The summed E-state index contributed by atoms with van der Waals surface area (Å²) >= 11 is 2.12. The molecule has 2 heteroatoms. The van der Waals surface area contributed by atoms with Crippen molar-refractivity contribution in [2.75, 3.05) is 12.3 Å². The molecule has 94 valence electrons. The van der Waals surface area contributed by atoms with Crippen LogP contribution in [0, 0.1) is 13.8 Å². The lowest BCUT2D eigenvalue weighted by Gasteiger charge is -2.19. The quantitative estimate of drug-likeness (QED) is 0.870. The fourth-order valence-electron chi connectivity index (χ4n) is 2.45. The van der Waals surface area contributed by atoms with Crippen LogP contribution >= 0.6 is 11.8 Å². The highest BCUT2D eigenvalue weighted by atomic mass is 32.2. The second kappa shape index (κ2) is 5.92. The molecule has 1 fully saturated rings. The van der Waals surface area contributed by atoms with Gasteiger partial charge in [0.05, 0.1) is 0 Å². The Morgan fingerprint density at radius 1 is 1.41 bits per heavy atom. The van der Waals surface area contributed by atoms with Gasteiger partial charge in [-0.05, 0) is 50.5 Å². The number of thioether (sulfide) groups is 1. The van der Waals surface area contributed by atoms with E-state index in [-0.39, 0.29) is 0 Å². The van der Waals surface area contributed by atoms with Crippen LogP contribution in [0.25, 0.3) is 0 Å². The minimum Gasteiger partial charge on any atom is -0.309 e. The van der Waals surface area contributed by atoms with E-state index in [0.29, 0.717) is 6.04 Å². The highest BCUT2D eigenvalue weighted by molar-refractivity contribution is 8.00. The van der Waals surface area contributed by atoms with Crippen molar-refractivity contribution in [1.82, 2.24) is 5.32 Å². The molecule has 0 saturated carbocycles. The fourth-order valence-corrected chi connectivity index (χ4v) is 3.66. The minimum atomic E-state index is 0.469. The van der Waals surface area contributed by atoms with Crippen LogP contribution < -0.4 is 5.32 Å². The van der Waals surface area contributed by atoms with Gasteiger partial charge < -0.3 is 5.32 Å². The number of benzene rings is 1. The SMILES string of the molecule is Cc1ccc(C)c(C(C)NCC2CCCS2)c1. The number of hydrogen-bond donors (Lipinski definition) is 1. The zero-order valence-electron chi connectivity index (χ0n) is 11.1. The molecule has 1 aliphatic rings. The van der Waals surface area contributed by atoms with Gasteiger partial charge in [0, 0.05) is 17.8 Å². The molecule has 1 aromatic carbocycles. The molecule has 0 amide bonds. The normalized spacial score (nSPS) is 21.7. The minimum absolute atomic E-state index is 0.469. The van der Waals surface area contributed by atoms with E-state index in [1.54, 1.807) is 0 Å². The molecule has 0 aliphatic carbocycles. The molecule has 2 atom stereocenters. The fraction of sp³-hybridized carbons (Fsp3) is 0.600. The maximum atomic E-state index is 3.69. The summed E-state index contributed by atoms with van der Waals surface area (Å²) in [5.74, 6) is 1.35. The summed E-state index contributed by atoms with van der Waals surface area (Å²) in [6.07, 6.45) is 2.78. The van der Waals surface area contributed by atoms with Gasteiger partial charge in [0.25, 0.3) is 0 Å². The molecule has 0 spiro atoms. The average molecular weight is 249 g/mol. The van der Waals surface area contributed by atoms with Gasteiger partial charge in [0.1, 0.15) is 0 Å². The average Bonchev–Trinajstić information content (AvgIpc) is 2.82. The molecular weight excluding hydrogens is 226 g/mol. The lowest BCUT2D eigenvalue weighted by Crippen LogP contribution is -2.26. The molecule has 0 radical (unpaired) electrons. The molecule has 1 saturated heterocycles. The molecule has 1 nitrogen and oxygen atoms in total. The van der Waals surface area contributed by atoms with E-state index in [1.807, 2.05) is 0 Å². The van der Waals surface area contributed by atoms with Gasteiger partial charge in [-0.1, -0.05) is 23.8 Å². The first-order valence-electron chi connectivity index (χ1n) is 6.59. The molecule has 0 aromatic heterocycles. The van der Waals surface area contributed by atoms with Crippen molar-refractivity contribution in [1.29, 1.82) is 0 Å². The van der Waals surface area contributed by atoms with Crippen LogP contribution in [-0.4, -0.2) is 17.5 Å². The van der Waals surface area contributed by atoms with Crippen LogP contribution in [-0.2, 0) is 0 Å². The molecule has 2 unspecified atom stereocenters. The summed E-state index contributed by atoms with van der Waals surface area (Å²) in [5.41, 5.74) is 4.21. The zero-order chi connectivity index (χ0) is 12.3. The Kier molecular flexibility index (Phi) is 4.52. The third-order valence-electron chi connectivity index (χ3n) is 3.58. The molecule has 2 rings (SSSR count). The third kappa shape index (κ3) is 3.49. The second-order valence-corrected chi connectivity index (χ2v) is 6.53. The summed E-state index contributed by atoms with van der Waals surface area (Å²) in [6.45, 7) is 7.81. The predicted octanol–water partition coefficient (Wildman–Crippen LogP) is 3.85. The number of rotatable bonds is 4. The van der Waals surface area contributed by atoms with Crippen LogP contribution in [0.5, 0.6) is 0 Å². The summed E-state index contributed by atoms with van der Waals surface area (Å²) in [5, 5.41) is 4.52. The topological polar surface area (TPSA) is 12.0 Å². The monoisotopic (exact) mass is 249 g/mol. The van der Waals surface area contributed by atoms with Crippen molar-refractivity contribution >= 4 is 11.8 Å². The van der Waals surface area contributed by atoms with Gasteiger partial charge >= 0.3 is 0 Å². The Bertz CT molecular complexity index is 369. The Balaban J connectivity index is 1.93. The van der Waals surface area contributed by atoms with E-state index in [4.69, 9.17) is 0 Å². The van der Waals surface area contributed by atoms with E-state index in [2.05, 4.69) is 56.0 Å². The summed E-state index contributed by atoms with van der Waals surface area (Å²) in [4.78, 5) is 0. The second-order valence-electron chi connectivity index (χ2n) is 5.13. The van der Waals surface area contributed by atoms with Crippen LogP contribution in [0.2, 0.25) is 0 Å². The highest BCUT2D eigenvalue weighted by Crippen LogP contribution is 2.26. The van der Waals surface area contributed by atoms with Crippen LogP contribution in [0.3, 0.4) is 0 Å². The standard InChI is InChI=1S/C15H23NS/c1-11-6-7-12(2)15(9-11)13(3)16-10-14-5-4-8-17-14/h6-7,9,13-14,16H,4-5,8,10H2,1-3H3. The van der Waals surface area contributed by atoms with Crippen molar-refractivity contribution in [2.45, 2.75) is 44.9 Å². The molecule has 1 heterocycles. The van der Waals surface area contributed by atoms with Crippen molar-refractivity contribution in [2.24, 2.45) is 0 Å². The first-order valence-corrected chi connectivity index (χ1v) is 7.64. The summed E-state index contributed by atoms with van der Waals surface area (Å²) in [6, 6.07) is 7.21. The molecule has 17 heavy (non-hydrogen) atoms. The van der Waals surface area contributed by atoms with E-state index < -0.39 is 0 Å². The number of hydrogen-bond acceptors (Lipinski definition) is 2. The zero-order valence-corrected chi connectivity index (χ0v) is 11.9. The van der Waals surface area contributed by atoms with E-state index in [9.17, 15) is 0 Å². The molecule has 1 N–H and O–H groups in total.